The summed E-state index contributed by atoms with van der Waals surface area (Å²) >= 11 is 0. The van der Waals surface area contributed by atoms with E-state index >= 15 is 0 Å². The summed E-state index contributed by atoms with van der Waals surface area (Å²) in [4.78, 5) is 19.3. The molecule has 124 valence electrons. The van der Waals surface area contributed by atoms with E-state index in [2.05, 4.69) is 0 Å². The van der Waals surface area contributed by atoms with Gasteiger partial charge in [0.25, 0.3) is 5.91 Å². The molecule has 5 heteroatoms. The molecule has 2 N–H and O–H groups in total. The molecule has 1 saturated carbocycles. The smallest absolute Gasteiger partial charge is 0.258 e. The quantitative estimate of drug-likeness (QED) is 0.777. The molecule has 2 aliphatic rings. The number of anilines is 1. The Morgan fingerprint density at radius 2 is 1.84 bits per heavy atom. The van der Waals surface area contributed by atoms with E-state index in [-0.39, 0.29) is 11.7 Å². The average Bonchev–Trinajstić information content (AvgIpc) is 3.40. The number of carbonyl (C=O) groups excluding carboxylic acids is 1. The van der Waals surface area contributed by atoms with E-state index in [1.807, 2.05) is 23.1 Å². The molecule has 5 rings (SSSR count). The number of hydrogen-bond acceptors (Lipinski definition) is 3. The summed E-state index contributed by atoms with van der Waals surface area (Å²) in [6.07, 6.45) is 2.08. The number of pyridine rings is 1. The van der Waals surface area contributed by atoms with Crippen LogP contribution in [0.5, 0.6) is 0 Å². The van der Waals surface area contributed by atoms with E-state index in [0.717, 1.165) is 12.8 Å². The average molecular weight is 333 g/mol. The Balaban J connectivity index is 1.76. The summed E-state index contributed by atoms with van der Waals surface area (Å²) in [6.45, 7) is 0.491. The van der Waals surface area contributed by atoms with Gasteiger partial charge in [0.2, 0.25) is 0 Å². The van der Waals surface area contributed by atoms with Crippen LogP contribution < -0.4 is 5.73 Å². The number of amides is 1. The summed E-state index contributed by atoms with van der Waals surface area (Å²) in [5.41, 5.74) is 9.85. The first-order valence-corrected chi connectivity index (χ1v) is 8.42. The molecule has 1 amide bonds. The Morgan fingerprint density at radius 1 is 1.08 bits per heavy atom. The van der Waals surface area contributed by atoms with Crippen LogP contribution in [0.3, 0.4) is 0 Å². The summed E-state index contributed by atoms with van der Waals surface area (Å²) in [5.74, 6) is -0.327. The largest absolute Gasteiger partial charge is 0.397 e. The molecular weight excluding hydrogens is 317 g/mol. The molecule has 4 nitrogen and oxygen atoms in total. The Hall–Kier alpha value is -2.95. The minimum absolute atomic E-state index is 0.0271. The zero-order valence-corrected chi connectivity index (χ0v) is 13.5. The molecular formula is C20H16FN3O. The molecule has 25 heavy (non-hydrogen) atoms. The summed E-state index contributed by atoms with van der Waals surface area (Å²) in [5, 5.41) is 0.700. The molecule has 0 spiro atoms. The highest BCUT2D eigenvalue weighted by molar-refractivity contribution is 6.11. The summed E-state index contributed by atoms with van der Waals surface area (Å²) < 4.78 is 14.3. The van der Waals surface area contributed by atoms with Crippen molar-refractivity contribution in [2.75, 3.05) is 5.73 Å². The first-order valence-electron chi connectivity index (χ1n) is 8.42. The normalized spacial score (nSPS) is 16.5. The van der Waals surface area contributed by atoms with Gasteiger partial charge < -0.3 is 10.6 Å². The molecule has 2 heterocycles. The van der Waals surface area contributed by atoms with Gasteiger partial charge in [-0.1, -0.05) is 36.4 Å². The summed E-state index contributed by atoms with van der Waals surface area (Å²) in [7, 11) is 0. The van der Waals surface area contributed by atoms with E-state index < -0.39 is 0 Å². The van der Waals surface area contributed by atoms with Crippen LogP contribution in [0, 0.1) is 5.82 Å². The van der Waals surface area contributed by atoms with Crippen molar-refractivity contribution in [3.05, 3.63) is 59.5 Å². The highest BCUT2D eigenvalue weighted by Gasteiger charge is 2.40. The van der Waals surface area contributed by atoms with E-state index in [1.165, 1.54) is 6.07 Å². The monoisotopic (exact) mass is 333 g/mol. The van der Waals surface area contributed by atoms with Gasteiger partial charge in [0.05, 0.1) is 29.0 Å². The molecule has 1 aliphatic carbocycles. The molecule has 1 aromatic heterocycles. The number of halogens is 1. The third-order valence-corrected chi connectivity index (χ3v) is 5.08. The maximum atomic E-state index is 14.3. The molecule has 2 aromatic carbocycles. The Kier molecular flexibility index (Phi) is 2.89. The Labute approximate surface area is 144 Å². The van der Waals surface area contributed by atoms with Crippen molar-refractivity contribution in [3.63, 3.8) is 0 Å². The Morgan fingerprint density at radius 3 is 2.60 bits per heavy atom. The number of para-hydroxylation sites is 1. The SMILES string of the molecule is Nc1c2c(nc3c(-c4ccccc4F)cccc13)CN(C1CC1)C2=O. The van der Waals surface area contributed by atoms with Crippen LogP contribution >= 0.6 is 0 Å². The molecule has 0 radical (unpaired) electrons. The second kappa shape index (κ2) is 5.02. The first kappa shape index (κ1) is 14.4. The lowest BCUT2D eigenvalue weighted by Gasteiger charge is -2.13. The topological polar surface area (TPSA) is 59.2 Å². The van der Waals surface area contributed by atoms with Crippen LogP contribution in [0.25, 0.3) is 22.0 Å². The van der Waals surface area contributed by atoms with E-state index in [0.29, 0.717) is 51.6 Å². The van der Waals surface area contributed by atoms with Crippen molar-refractivity contribution in [3.8, 4) is 11.1 Å². The lowest BCUT2D eigenvalue weighted by Crippen LogP contribution is -2.26. The van der Waals surface area contributed by atoms with Gasteiger partial charge in [-0.25, -0.2) is 9.37 Å². The summed E-state index contributed by atoms with van der Waals surface area (Å²) in [6, 6.07) is 12.5. The fourth-order valence-electron chi connectivity index (χ4n) is 3.67. The van der Waals surface area contributed by atoms with Crippen LogP contribution in [-0.4, -0.2) is 21.8 Å². The van der Waals surface area contributed by atoms with Crippen LogP contribution in [0.2, 0.25) is 0 Å². The first-order chi connectivity index (χ1) is 12.1. The van der Waals surface area contributed by atoms with Gasteiger partial charge >= 0.3 is 0 Å². The van der Waals surface area contributed by atoms with Crippen LogP contribution in [0.1, 0.15) is 28.9 Å². The van der Waals surface area contributed by atoms with E-state index in [4.69, 9.17) is 10.7 Å². The number of nitrogens with zero attached hydrogens (tertiary/aromatic N) is 2. The van der Waals surface area contributed by atoms with Gasteiger partial charge in [0.1, 0.15) is 5.82 Å². The minimum Gasteiger partial charge on any atom is -0.397 e. The third-order valence-electron chi connectivity index (χ3n) is 5.08. The lowest BCUT2D eigenvalue weighted by atomic mass is 9.99. The second-order valence-corrected chi connectivity index (χ2v) is 6.69. The van der Waals surface area contributed by atoms with Gasteiger partial charge in [0, 0.05) is 22.6 Å². The number of aromatic nitrogens is 1. The van der Waals surface area contributed by atoms with Gasteiger partial charge in [-0.05, 0) is 18.9 Å². The maximum absolute atomic E-state index is 14.3. The number of carbonyl (C=O) groups is 1. The fraction of sp³-hybridized carbons (Fsp3) is 0.200. The third kappa shape index (κ3) is 2.05. The number of rotatable bonds is 2. The van der Waals surface area contributed by atoms with Crippen molar-refractivity contribution in [1.82, 2.24) is 9.88 Å². The van der Waals surface area contributed by atoms with Crippen LogP contribution in [0.4, 0.5) is 10.1 Å². The molecule has 0 atom stereocenters. The number of fused-ring (bicyclic) bond motifs is 2. The minimum atomic E-state index is -0.299. The van der Waals surface area contributed by atoms with E-state index in [9.17, 15) is 9.18 Å². The van der Waals surface area contributed by atoms with E-state index in [1.54, 1.807) is 18.2 Å². The standard InChI is InChI=1S/C20H16FN3O/c21-15-7-2-1-4-12(15)13-5-3-6-14-18(22)17-16(23-19(13)14)10-24(20(17)25)11-8-9-11/h1-7,11H,8-10H2,(H2,22,23). The van der Waals surface area contributed by atoms with Gasteiger partial charge in [-0.15, -0.1) is 0 Å². The van der Waals surface area contributed by atoms with Gasteiger partial charge in [-0.2, -0.15) is 0 Å². The predicted octanol–water partition coefficient (Wildman–Crippen LogP) is 3.74. The molecule has 0 saturated heterocycles. The molecule has 1 aliphatic heterocycles. The second-order valence-electron chi connectivity index (χ2n) is 6.69. The molecule has 1 fully saturated rings. The molecule has 0 unspecified atom stereocenters. The number of hydrogen-bond donors (Lipinski definition) is 1. The van der Waals surface area contributed by atoms with Crippen molar-refractivity contribution < 1.29 is 9.18 Å². The Bertz CT molecular complexity index is 1040. The van der Waals surface area contributed by atoms with Crippen molar-refractivity contribution in [2.45, 2.75) is 25.4 Å². The zero-order chi connectivity index (χ0) is 17.1. The van der Waals surface area contributed by atoms with Crippen molar-refractivity contribution in [2.24, 2.45) is 0 Å². The molecule has 0 bridgehead atoms. The zero-order valence-electron chi connectivity index (χ0n) is 13.5. The van der Waals surface area contributed by atoms with Gasteiger partial charge in [0.15, 0.2) is 0 Å². The van der Waals surface area contributed by atoms with Crippen molar-refractivity contribution in [1.29, 1.82) is 0 Å². The number of nitrogen functional groups attached to an aromatic ring is 1. The highest BCUT2D eigenvalue weighted by atomic mass is 19.1. The van der Waals surface area contributed by atoms with Crippen LogP contribution in [0.15, 0.2) is 42.5 Å². The van der Waals surface area contributed by atoms with Gasteiger partial charge in [-0.3, -0.25) is 4.79 Å². The molecule has 3 aromatic rings. The fourth-order valence-corrected chi connectivity index (χ4v) is 3.67. The number of benzene rings is 2. The predicted molar refractivity (Wildman–Crippen MR) is 94.4 cm³/mol. The number of nitrogens with two attached hydrogens (primary N) is 1. The van der Waals surface area contributed by atoms with Crippen molar-refractivity contribution >= 4 is 22.5 Å². The lowest BCUT2D eigenvalue weighted by molar-refractivity contribution is 0.0767. The van der Waals surface area contributed by atoms with Crippen LogP contribution in [-0.2, 0) is 6.54 Å². The maximum Gasteiger partial charge on any atom is 0.258 e. The highest BCUT2D eigenvalue weighted by Crippen LogP contribution is 2.40.